The first kappa shape index (κ1) is 17.8. The van der Waals surface area contributed by atoms with Gasteiger partial charge in [0.25, 0.3) is 5.91 Å². The standard InChI is InChI=1S/C15H16N4OS3/c1-21-13-8-14(22-2)18-15(17-13)23-10-12(20)19-16-9-11-6-4-3-5-7-11/h3-9H,10H2,1-2H3,(H,19,20)/b16-9-. The fourth-order valence-corrected chi connectivity index (χ4v) is 3.19. The van der Waals surface area contributed by atoms with Crippen molar-refractivity contribution in [2.24, 2.45) is 5.10 Å². The van der Waals surface area contributed by atoms with Crippen LogP contribution in [0.25, 0.3) is 0 Å². The highest BCUT2D eigenvalue weighted by Gasteiger charge is 2.07. The lowest BCUT2D eigenvalue weighted by molar-refractivity contribution is -0.118. The predicted molar refractivity (Wildman–Crippen MR) is 98.5 cm³/mol. The van der Waals surface area contributed by atoms with E-state index in [4.69, 9.17) is 0 Å². The molecule has 0 aliphatic rings. The summed E-state index contributed by atoms with van der Waals surface area (Å²) in [7, 11) is 0. The molecule has 0 fully saturated rings. The summed E-state index contributed by atoms with van der Waals surface area (Å²) >= 11 is 4.41. The van der Waals surface area contributed by atoms with Crippen LogP contribution in [0.4, 0.5) is 0 Å². The van der Waals surface area contributed by atoms with E-state index < -0.39 is 0 Å². The van der Waals surface area contributed by atoms with Crippen LogP contribution in [0.1, 0.15) is 5.56 Å². The molecular weight excluding hydrogens is 348 g/mol. The second-order valence-corrected chi connectivity index (χ2v) is 6.82. The Labute approximate surface area is 148 Å². The number of hydrogen-bond acceptors (Lipinski definition) is 7. The number of benzene rings is 1. The minimum Gasteiger partial charge on any atom is -0.272 e. The quantitative estimate of drug-likeness (QED) is 0.268. The summed E-state index contributed by atoms with van der Waals surface area (Å²) in [6, 6.07) is 11.5. The number of rotatable bonds is 7. The number of carbonyl (C=O) groups is 1. The van der Waals surface area contributed by atoms with Gasteiger partial charge in [0.15, 0.2) is 5.16 Å². The van der Waals surface area contributed by atoms with E-state index in [9.17, 15) is 4.79 Å². The Bertz CT molecular complexity index is 657. The van der Waals surface area contributed by atoms with Crippen LogP contribution in [-0.2, 0) is 4.79 Å². The molecule has 0 aliphatic carbocycles. The van der Waals surface area contributed by atoms with Gasteiger partial charge in [-0.15, -0.1) is 23.5 Å². The van der Waals surface area contributed by atoms with Crippen LogP contribution >= 0.6 is 35.3 Å². The molecule has 8 heteroatoms. The van der Waals surface area contributed by atoms with Crippen LogP contribution in [0.5, 0.6) is 0 Å². The molecule has 0 aliphatic heterocycles. The van der Waals surface area contributed by atoms with E-state index in [1.807, 2.05) is 48.9 Å². The molecule has 0 bridgehead atoms. The Balaban J connectivity index is 1.85. The summed E-state index contributed by atoms with van der Waals surface area (Å²) < 4.78 is 0. The number of nitrogens with one attached hydrogen (secondary N) is 1. The highest BCUT2D eigenvalue weighted by atomic mass is 32.2. The third-order valence-electron chi connectivity index (χ3n) is 2.61. The fourth-order valence-electron chi connectivity index (χ4n) is 1.54. The first-order valence-electron chi connectivity index (χ1n) is 6.68. The number of nitrogens with zero attached hydrogens (tertiary/aromatic N) is 3. The van der Waals surface area contributed by atoms with Crippen molar-refractivity contribution in [3.05, 3.63) is 42.0 Å². The fraction of sp³-hybridized carbons (Fsp3) is 0.200. The lowest BCUT2D eigenvalue weighted by Crippen LogP contribution is -2.19. The van der Waals surface area contributed by atoms with Crippen molar-refractivity contribution >= 4 is 47.4 Å². The number of hydrazone groups is 1. The van der Waals surface area contributed by atoms with Gasteiger partial charge in [-0.2, -0.15) is 5.10 Å². The van der Waals surface area contributed by atoms with E-state index in [-0.39, 0.29) is 11.7 Å². The molecule has 0 saturated carbocycles. The first-order chi connectivity index (χ1) is 11.2. The molecule has 120 valence electrons. The van der Waals surface area contributed by atoms with E-state index >= 15 is 0 Å². The monoisotopic (exact) mass is 364 g/mol. The Kier molecular flexibility index (Phi) is 7.44. The van der Waals surface area contributed by atoms with Crippen LogP contribution in [0.2, 0.25) is 0 Å². The predicted octanol–water partition coefficient (Wildman–Crippen LogP) is 3.16. The van der Waals surface area contributed by atoms with Crippen molar-refractivity contribution in [1.82, 2.24) is 15.4 Å². The van der Waals surface area contributed by atoms with Gasteiger partial charge < -0.3 is 0 Å². The second kappa shape index (κ2) is 9.59. The Hall–Kier alpha value is -1.51. The zero-order valence-corrected chi connectivity index (χ0v) is 15.2. The molecule has 1 N–H and O–H groups in total. The number of carbonyl (C=O) groups excluding carboxylic acids is 1. The largest absolute Gasteiger partial charge is 0.272 e. The maximum atomic E-state index is 11.8. The van der Waals surface area contributed by atoms with Crippen molar-refractivity contribution in [1.29, 1.82) is 0 Å². The summed E-state index contributed by atoms with van der Waals surface area (Å²) in [6.45, 7) is 0. The zero-order valence-electron chi connectivity index (χ0n) is 12.7. The molecule has 1 amide bonds. The first-order valence-corrected chi connectivity index (χ1v) is 10.1. The van der Waals surface area contributed by atoms with Crippen LogP contribution in [0.3, 0.4) is 0 Å². The molecule has 0 saturated heterocycles. The minimum atomic E-state index is -0.189. The molecule has 0 radical (unpaired) electrons. The average molecular weight is 365 g/mol. The van der Waals surface area contributed by atoms with E-state index in [1.165, 1.54) is 11.8 Å². The maximum Gasteiger partial charge on any atom is 0.250 e. The third kappa shape index (κ3) is 6.25. The molecule has 5 nitrogen and oxygen atoms in total. The number of aromatic nitrogens is 2. The van der Waals surface area contributed by atoms with Crippen LogP contribution in [-0.4, -0.2) is 40.4 Å². The van der Waals surface area contributed by atoms with Gasteiger partial charge in [0.2, 0.25) is 0 Å². The lowest BCUT2D eigenvalue weighted by atomic mass is 10.2. The van der Waals surface area contributed by atoms with Crippen molar-refractivity contribution < 1.29 is 4.79 Å². The third-order valence-corrected chi connectivity index (χ3v) is 4.71. The van der Waals surface area contributed by atoms with Crippen molar-refractivity contribution in [2.75, 3.05) is 18.3 Å². The van der Waals surface area contributed by atoms with Gasteiger partial charge >= 0.3 is 0 Å². The van der Waals surface area contributed by atoms with Gasteiger partial charge in [0.1, 0.15) is 10.1 Å². The van der Waals surface area contributed by atoms with Crippen molar-refractivity contribution in [2.45, 2.75) is 15.2 Å². The van der Waals surface area contributed by atoms with E-state index in [1.54, 1.807) is 29.7 Å². The summed E-state index contributed by atoms with van der Waals surface area (Å²) in [4.78, 5) is 20.6. The van der Waals surface area contributed by atoms with Gasteiger partial charge in [-0.3, -0.25) is 4.79 Å². The average Bonchev–Trinajstić information content (AvgIpc) is 2.60. The molecule has 1 aromatic carbocycles. The summed E-state index contributed by atoms with van der Waals surface area (Å²) in [5, 5.41) is 6.33. The Morgan fingerprint density at radius 2 is 1.83 bits per heavy atom. The van der Waals surface area contributed by atoms with Crippen LogP contribution in [0.15, 0.2) is 56.7 Å². The van der Waals surface area contributed by atoms with Gasteiger partial charge in [0, 0.05) is 6.07 Å². The SMILES string of the molecule is CSc1cc(SC)nc(SCC(=O)N/N=C\c2ccccc2)n1. The smallest absolute Gasteiger partial charge is 0.250 e. The molecule has 0 spiro atoms. The van der Waals surface area contributed by atoms with E-state index in [0.29, 0.717) is 5.16 Å². The van der Waals surface area contributed by atoms with Gasteiger partial charge in [-0.05, 0) is 18.1 Å². The molecule has 0 unspecified atom stereocenters. The molecule has 23 heavy (non-hydrogen) atoms. The van der Waals surface area contributed by atoms with Gasteiger partial charge in [-0.1, -0.05) is 42.1 Å². The summed E-state index contributed by atoms with van der Waals surface area (Å²) in [5.74, 6) is 0.0312. The van der Waals surface area contributed by atoms with E-state index in [2.05, 4.69) is 20.5 Å². The topological polar surface area (TPSA) is 67.2 Å². The number of amides is 1. The Morgan fingerprint density at radius 1 is 1.17 bits per heavy atom. The lowest BCUT2D eigenvalue weighted by Gasteiger charge is -2.04. The van der Waals surface area contributed by atoms with Crippen molar-refractivity contribution in [3.63, 3.8) is 0 Å². The Morgan fingerprint density at radius 3 is 2.43 bits per heavy atom. The van der Waals surface area contributed by atoms with Crippen LogP contribution in [0, 0.1) is 0 Å². The molecule has 0 atom stereocenters. The highest BCUT2D eigenvalue weighted by Crippen LogP contribution is 2.23. The van der Waals surface area contributed by atoms with Crippen LogP contribution < -0.4 is 5.43 Å². The highest BCUT2D eigenvalue weighted by molar-refractivity contribution is 8.00. The number of thioether (sulfide) groups is 3. The van der Waals surface area contributed by atoms with Crippen molar-refractivity contribution in [3.8, 4) is 0 Å². The minimum absolute atomic E-state index is 0.189. The second-order valence-electron chi connectivity index (χ2n) is 4.23. The molecule has 1 aromatic heterocycles. The number of hydrogen-bond donors (Lipinski definition) is 1. The molecule has 1 heterocycles. The van der Waals surface area contributed by atoms with Gasteiger partial charge in [-0.25, -0.2) is 15.4 Å². The maximum absolute atomic E-state index is 11.8. The van der Waals surface area contributed by atoms with Gasteiger partial charge in [0.05, 0.1) is 12.0 Å². The molecule has 2 aromatic rings. The molecule has 2 rings (SSSR count). The van der Waals surface area contributed by atoms with E-state index in [0.717, 1.165) is 15.6 Å². The normalized spacial score (nSPS) is 10.9. The summed E-state index contributed by atoms with van der Waals surface area (Å²) in [5.41, 5.74) is 3.43. The zero-order chi connectivity index (χ0) is 16.5. The molecular formula is C15H16N4OS3. The summed E-state index contributed by atoms with van der Waals surface area (Å²) in [6.07, 6.45) is 5.54.